The minimum Gasteiger partial charge on any atom is -0.494 e. The molecule has 0 heterocycles. The number of carbonyl (C=O) groups is 1. The lowest BCUT2D eigenvalue weighted by Gasteiger charge is -2.12. The van der Waals surface area contributed by atoms with E-state index in [0.717, 1.165) is 24.0 Å². The van der Waals surface area contributed by atoms with Crippen molar-refractivity contribution in [3.63, 3.8) is 0 Å². The zero-order valence-electron chi connectivity index (χ0n) is 16.9. The van der Waals surface area contributed by atoms with Gasteiger partial charge in [0.05, 0.1) is 30.9 Å². The van der Waals surface area contributed by atoms with Gasteiger partial charge in [-0.3, -0.25) is 0 Å². The second-order valence-corrected chi connectivity index (χ2v) is 6.86. The van der Waals surface area contributed by atoms with E-state index >= 15 is 0 Å². The first-order valence-corrected chi connectivity index (χ1v) is 10.0. The van der Waals surface area contributed by atoms with Crippen molar-refractivity contribution in [3.05, 3.63) is 53.6 Å². The molecule has 0 saturated heterocycles. The molecule has 0 aliphatic rings. The lowest BCUT2D eigenvalue weighted by atomic mass is 9.98. The summed E-state index contributed by atoms with van der Waals surface area (Å²) < 4.78 is 10.8. The Morgan fingerprint density at radius 3 is 2.29 bits per heavy atom. The largest absolute Gasteiger partial charge is 0.494 e. The van der Waals surface area contributed by atoms with Gasteiger partial charge in [-0.2, -0.15) is 5.26 Å². The van der Waals surface area contributed by atoms with Crippen LogP contribution in [-0.2, 0) is 4.74 Å². The molecule has 0 amide bonds. The summed E-state index contributed by atoms with van der Waals surface area (Å²) in [6.07, 6.45) is 8.61. The van der Waals surface area contributed by atoms with Gasteiger partial charge in [0.25, 0.3) is 0 Å². The molecule has 0 aliphatic heterocycles. The maximum atomic E-state index is 12.3. The van der Waals surface area contributed by atoms with Gasteiger partial charge in [-0.25, -0.2) is 4.79 Å². The second-order valence-electron chi connectivity index (χ2n) is 6.86. The monoisotopic (exact) mass is 379 g/mol. The fraction of sp³-hybridized carbons (Fsp3) is 0.417. The summed E-state index contributed by atoms with van der Waals surface area (Å²) in [5.41, 5.74) is 2.67. The van der Waals surface area contributed by atoms with E-state index in [1.54, 1.807) is 18.2 Å². The Labute approximate surface area is 168 Å². The van der Waals surface area contributed by atoms with E-state index in [0.29, 0.717) is 23.5 Å². The molecule has 2 rings (SSSR count). The van der Waals surface area contributed by atoms with Crippen molar-refractivity contribution < 1.29 is 14.3 Å². The van der Waals surface area contributed by atoms with Crippen LogP contribution in [0.1, 0.15) is 67.8 Å². The van der Waals surface area contributed by atoms with Crippen LogP contribution in [0, 0.1) is 11.3 Å². The molecule has 0 saturated carbocycles. The molecular weight excluding hydrogens is 350 g/mol. The molecule has 0 aliphatic carbocycles. The summed E-state index contributed by atoms with van der Waals surface area (Å²) in [4.78, 5) is 12.3. The highest BCUT2D eigenvalue weighted by atomic mass is 16.5. The van der Waals surface area contributed by atoms with Gasteiger partial charge in [0.1, 0.15) is 5.75 Å². The van der Waals surface area contributed by atoms with Gasteiger partial charge in [0.2, 0.25) is 0 Å². The van der Waals surface area contributed by atoms with Gasteiger partial charge >= 0.3 is 5.97 Å². The van der Waals surface area contributed by atoms with Crippen LogP contribution >= 0.6 is 0 Å². The minimum atomic E-state index is -0.402. The topological polar surface area (TPSA) is 59.3 Å². The van der Waals surface area contributed by atoms with E-state index in [-0.39, 0.29) is 0 Å². The van der Waals surface area contributed by atoms with Gasteiger partial charge in [-0.05, 0) is 47.9 Å². The molecule has 2 aromatic rings. The minimum absolute atomic E-state index is 0.402. The molecular formula is C24H29NO3. The van der Waals surface area contributed by atoms with Crippen molar-refractivity contribution in [3.8, 4) is 22.9 Å². The van der Waals surface area contributed by atoms with Crippen LogP contribution in [0.3, 0.4) is 0 Å². The zero-order chi connectivity index (χ0) is 20.2. The number of carbonyl (C=O) groups excluding carboxylic acids is 1. The van der Waals surface area contributed by atoms with Crippen LogP contribution in [0.25, 0.3) is 11.1 Å². The summed E-state index contributed by atoms with van der Waals surface area (Å²) in [6.45, 7) is 2.87. The van der Waals surface area contributed by atoms with Crippen LogP contribution in [0.15, 0.2) is 42.5 Å². The first kappa shape index (κ1) is 21.5. The summed E-state index contributed by atoms with van der Waals surface area (Å²) >= 11 is 0. The van der Waals surface area contributed by atoms with E-state index in [1.165, 1.54) is 39.2 Å². The molecule has 0 aromatic heterocycles. The molecule has 0 bridgehead atoms. The zero-order valence-corrected chi connectivity index (χ0v) is 16.9. The second kappa shape index (κ2) is 11.8. The van der Waals surface area contributed by atoms with Crippen molar-refractivity contribution in [1.82, 2.24) is 0 Å². The van der Waals surface area contributed by atoms with Gasteiger partial charge in [-0.15, -0.1) is 0 Å². The number of nitrogens with zero attached hydrogens (tertiary/aromatic N) is 1. The lowest BCUT2D eigenvalue weighted by Crippen LogP contribution is -2.05. The van der Waals surface area contributed by atoms with Gasteiger partial charge in [0.15, 0.2) is 0 Å². The van der Waals surface area contributed by atoms with Crippen molar-refractivity contribution in [1.29, 1.82) is 5.26 Å². The third kappa shape index (κ3) is 6.42. The molecule has 0 spiro atoms. The molecule has 0 N–H and O–H groups in total. The first-order chi connectivity index (χ1) is 13.7. The number of hydrogen-bond acceptors (Lipinski definition) is 4. The Hall–Kier alpha value is -2.80. The van der Waals surface area contributed by atoms with E-state index in [9.17, 15) is 4.79 Å². The summed E-state index contributed by atoms with van der Waals surface area (Å²) in [7, 11) is 1.37. The molecule has 0 atom stereocenters. The van der Waals surface area contributed by atoms with E-state index in [2.05, 4.69) is 13.0 Å². The molecule has 148 valence electrons. The van der Waals surface area contributed by atoms with Gasteiger partial charge in [-0.1, -0.05) is 57.6 Å². The van der Waals surface area contributed by atoms with E-state index < -0.39 is 5.97 Å². The van der Waals surface area contributed by atoms with Crippen molar-refractivity contribution in [2.75, 3.05) is 13.7 Å². The molecule has 0 unspecified atom stereocenters. The highest BCUT2D eigenvalue weighted by Crippen LogP contribution is 2.28. The number of benzene rings is 2. The Kier molecular flexibility index (Phi) is 9.07. The third-order valence-corrected chi connectivity index (χ3v) is 4.74. The fourth-order valence-corrected chi connectivity index (χ4v) is 3.12. The fourth-order valence-electron chi connectivity index (χ4n) is 3.12. The maximum Gasteiger partial charge on any atom is 0.338 e. The number of rotatable bonds is 11. The third-order valence-electron chi connectivity index (χ3n) is 4.74. The predicted molar refractivity (Wildman–Crippen MR) is 111 cm³/mol. The predicted octanol–water partition coefficient (Wildman–Crippen LogP) is 6.14. The molecule has 2 aromatic carbocycles. The van der Waals surface area contributed by atoms with Crippen LogP contribution < -0.4 is 4.74 Å². The van der Waals surface area contributed by atoms with Gasteiger partial charge in [0, 0.05) is 0 Å². The van der Waals surface area contributed by atoms with Gasteiger partial charge < -0.3 is 9.47 Å². The average Bonchev–Trinajstić information content (AvgIpc) is 2.75. The molecule has 0 fully saturated rings. The van der Waals surface area contributed by atoms with Crippen LogP contribution in [0.5, 0.6) is 5.75 Å². The molecule has 0 radical (unpaired) electrons. The molecule has 4 nitrogen and oxygen atoms in total. The summed E-state index contributed by atoms with van der Waals surface area (Å²) in [5.74, 6) is 0.268. The standard InChI is InChI=1S/C24H29NO3/c1-3-4-5-6-7-8-9-16-28-21-14-15-22(23(17-21)24(26)27-2)20-12-10-19(18-25)11-13-20/h10-15,17H,3-9,16H2,1-2H3. The smallest absolute Gasteiger partial charge is 0.338 e. The number of esters is 1. The normalized spacial score (nSPS) is 10.3. The SMILES string of the molecule is CCCCCCCCCOc1ccc(-c2ccc(C#N)cc2)c(C(=O)OC)c1. The highest BCUT2D eigenvalue weighted by molar-refractivity contribution is 5.97. The number of nitriles is 1. The number of ether oxygens (including phenoxy) is 2. The Balaban J connectivity index is 1.99. The number of hydrogen-bond donors (Lipinski definition) is 0. The Bertz CT molecular complexity index is 790. The Morgan fingerprint density at radius 1 is 0.964 bits per heavy atom. The van der Waals surface area contributed by atoms with Crippen LogP contribution in [0.2, 0.25) is 0 Å². The van der Waals surface area contributed by atoms with Crippen molar-refractivity contribution in [2.45, 2.75) is 51.9 Å². The summed E-state index contributed by atoms with van der Waals surface area (Å²) in [5, 5.41) is 8.95. The lowest BCUT2D eigenvalue weighted by molar-refractivity contribution is 0.0601. The Morgan fingerprint density at radius 2 is 1.64 bits per heavy atom. The number of methoxy groups -OCH3 is 1. The molecule has 4 heteroatoms. The first-order valence-electron chi connectivity index (χ1n) is 10.0. The van der Waals surface area contributed by atoms with Crippen molar-refractivity contribution in [2.24, 2.45) is 0 Å². The quantitative estimate of drug-likeness (QED) is 0.347. The van der Waals surface area contributed by atoms with Crippen LogP contribution in [-0.4, -0.2) is 19.7 Å². The van der Waals surface area contributed by atoms with Crippen molar-refractivity contribution >= 4 is 5.97 Å². The number of unbranched alkanes of at least 4 members (excludes halogenated alkanes) is 6. The van der Waals surface area contributed by atoms with E-state index in [1.807, 2.05) is 24.3 Å². The highest BCUT2D eigenvalue weighted by Gasteiger charge is 2.15. The van der Waals surface area contributed by atoms with E-state index in [4.69, 9.17) is 14.7 Å². The maximum absolute atomic E-state index is 12.3. The summed E-state index contributed by atoms with van der Waals surface area (Å²) in [6, 6.07) is 14.7. The average molecular weight is 380 g/mol. The van der Waals surface area contributed by atoms with Crippen LogP contribution in [0.4, 0.5) is 0 Å². The molecule has 28 heavy (non-hydrogen) atoms.